The van der Waals surface area contributed by atoms with Gasteiger partial charge in [-0.15, -0.1) is 0 Å². The summed E-state index contributed by atoms with van der Waals surface area (Å²) in [5.74, 6) is 0. The first-order valence-electron chi connectivity index (χ1n) is 4.87. The highest BCUT2D eigenvalue weighted by atomic mass is 35.5. The van der Waals surface area contributed by atoms with Crippen molar-refractivity contribution in [2.45, 2.75) is 13.0 Å². The van der Waals surface area contributed by atoms with Crippen LogP contribution in [0.1, 0.15) is 6.42 Å². The monoisotopic (exact) mass is 242 g/mol. The summed E-state index contributed by atoms with van der Waals surface area (Å²) in [6, 6.07) is 5.83. The van der Waals surface area contributed by atoms with Crippen LogP contribution in [0.25, 0.3) is 10.9 Å². The van der Waals surface area contributed by atoms with Gasteiger partial charge in [-0.05, 0) is 25.1 Å². The molecule has 2 nitrogen and oxygen atoms in total. The molecule has 0 aliphatic heterocycles. The van der Waals surface area contributed by atoms with Crippen molar-refractivity contribution < 1.29 is 0 Å². The molecule has 0 radical (unpaired) electrons. The standard InChI is InChI=1S/C11H12Cl2N2/c12-9-3-2-8-4-7-15(6-1-5-14)11(8)10(9)13/h2-4,7H,1,5-6,14H2. The van der Waals surface area contributed by atoms with Gasteiger partial charge in [0, 0.05) is 18.1 Å². The molecule has 0 unspecified atom stereocenters. The van der Waals surface area contributed by atoms with Gasteiger partial charge in [-0.1, -0.05) is 29.3 Å². The number of halogens is 2. The first kappa shape index (κ1) is 10.8. The fourth-order valence-electron chi connectivity index (χ4n) is 1.67. The van der Waals surface area contributed by atoms with Crippen molar-refractivity contribution in [1.29, 1.82) is 0 Å². The second kappa shape index (κ2) is 4.44. The highest BCUT2D eigenvalue weighted by Gasteiger charge is 2.07. The Morgan fingerprint density at radius 1 is 1.20 bits per heavy atom. The van der Waals surface area contributed by atoms with Crippen LogP contribution in [0, 0.1) is 0 Å². The number of aryl methyl sites for hydroxylation is 1. The van der Waals surface area contributed by atoms with E-state index in [4.69, 9.17) is 28.9 Å². The first-order chi connectivity index (χ1) is 7.24. The third-order valence-electron chi connectivity index (χ3n) is 2.42. The van der Waals surface area contributed by atoms with Crippen molar-refractivity contribution >= 4 is 34.1 Å². The molecule has 80 valence electrons. The summed E-state index contributed by atoms with van der Waals surface area (Å²) in [7, 11) is 0. The Morgan fingerprint density at radius 2 is 2.00 bits per heavy atom. The third kappa shape index (κ3) is 1.98. The molecular weight excluding hydrogens is 231 g/mol. The summed E-state index contributed by atoms with van der Waals surface area (Å²) in [6.45, 7) is 1.55. The molecule has 4 heteroatoms. The summed E-state index contributed by atoms with van der Waals surface area (Å²) in [5, 5.41) is 2.33. The van der Waals surface area contributed by atoms with Crippen LogP contribution in [0.4, 0.5) is 0 Å². The van der Waals surface area contributed by atoms with Gasteiger partial charge >= 0.3 is 0 Å². The van der Waals surface area contributed by atoms with Crippen LogP contribution in [-0.4, -0.2) is 11.1 Å². The van der Waals surface area contributed by atoms with Crippen molar-refractivity contribution in [1.82, 2.24) is 4.57 Å². The average molecular weight is 243 g/mol. The van der Waals surface area contributed by atoms with E-state index in [1.165, 1.54) is 0 Å². The Labute approximate surface area is 98.6 Å². The maximum atomic E-state index is 6.17. The SMILES string of the molecule is NCCCn1ccc2ccc(Cl)c(Cl)c21. The maximum Gasteiger partial charge on any atom is 0.0835 e. The summed E-state index contributed by atoms with van der Waals surface area (Å²) in [6.07, 6.45) is 2.95. The van der Waals surface area contributed by atoms with Crippen LogP contribution in [-0.2, 0) is 6.54 Å². The summed E-state index contributed by atoms with van der Waals surface area (Å²) >= 11 is 12.1. The van der Waals surface area contributed by atoms with E-state index in [0.29, 0.717) is 16.6 Å². The number of nitrogens with zero attached hydrogens (tertiary/aromatic N) is 1. The van der Waals surface area contributed by atoms with Crippen LogP contribution >= 0.6 is 23.2 Å². The molecule has 1 aromatic heterocycles. The van der Waals surface area contributed by atoms with Crippen molar-refractivity contribution in [2.75, 3.05) is 6.54 Å². The van der Waals surface area contributed by atoms with E-state index in [1.807, 2.05) is 24.4 Å². The predicted molar refractivity (Wildman–Crippen MR) is 65.6 cm³/mol. The van der Waals surface area contributed by atoms with Crippen LogP contribution in [0.2, 0.25) is 10.0 Å². The zero-order chi connectivity index (χ0) is 10.8. The van der Waals surface area contributed by atoms with Crippen LogP contribution in [0.15, 0.2) is 24.4 Å². The van der Waals surface area contributed by atoms with E-state index in [-0.39, 0.29) is 0 Å². The van der Waals surface area contributed by atoms with Gasteiger partial charge in [-0.2, -0.15) is 0 Å². The van der Waals surface area contributed by atoms with Gasteiger partial charge in [0.2, 0.25) is 0 Å². The maximum absolute atomic E-state index is 6.17. The molecule has 0 saturated heterocycles. The number of nitrogens with two attached hydrogens (primary N) is 1. The Balaban J connectivity index is 2.51. The molecular formula is C11H12Cl2N2. The van der Waals surface area contributed by atoms with Gasteiger partial charge in [0.05, 0.1) is 15.6 Å². The Hall–Kier alpha value is -0.700. The van der Waals surface area contributed by atoms with E-state index in [1.54, 1.807) is 0 Å². The van der Waals surface area contributed by atoms with E-state index < -0.39 is 0 Å². The fraction of sp³-hybridized carbons (Fsp3) is 0.273. The smallest absolute Gasteiger partial charge is 0.0835 e. The summed E-state index contributed by atoms with van der Waals surface area (Å²) in [5.41, 5.74) is 6.48. The lowest BCUT2D eigenvalue weighted by Crippen LogP contribution is -2.04. The van der Waals surface area contributed by atoms with Gasteiger partial charge in [-0.25, -0.2) is 0 Å². The predicted octanol–water partition coefficient (Wildman–Crippen LogP) is 3.30. The van der Waals surface area contributed by atoms with Crippen LogP contribution in [0.3, 0.4) is 0 Å². The minimum Gasteiger partial charge on any atom is -0.346 e. The number of rotatable bonds is 3. The molecule has 0 bridgehead atoms. The molecule has 0 aliphatic rings. The highest BCUT2D eigenvalue weighted by Crippen LogP contribution is 2.31. The highest BCUT2D eigenvalue weighted by molar-refractivity contribution is 6.45. The molecule has 1 aromatic carbocycles. The molecule has 0 aliphatic carbocycles. The number of benzene rings is 1. The third-order valence-corrected chi connectivity index (χ3v) is 3.22. The Kier molecular flexibility index (Phi) is 3.19. The van der Waals surface area contributed by atoms with E-state index in [2.05, 4.69) is 4.57 Å². The molecule has 0 amide bonds. The van der Waals surface area contributed by atoms with Gasteiger partial charge in [0.1, 0.15) is 0 Å². The minimum atomic E-state index is 0.594. The van der Waals surface area contributed by atoms with E-state index in [0.717, 1.165) is 23.9 Å². The van der Waals surface area contributed by atoms with Crippen molar-refractivity contribution in [3.05, 3.63) is 34.4 Å². The van der Waals surface area contributed by atoms with E-state index >= 15 is 0 Å². The van der Waals surface area contributed by atoms with Gasteiger partial charge in [0.15, 0.2) is 0 Å². The second-order valence-electron chi connectivity index (χ2n) is 3.45. The second-order valence-corrected chi connectivity index (χ2v) is 4.24. The van der Waals surface area contributed by atoms with Crippen molar-refractivity contribution in [3.8, 4) is 0 Å². The number of hydrogen-bond acceptors (Lipinski definition) is 1. The summed E-state index contributed by atoms with van der Waals surface area (Å²) < 4.78 is 2.09. The molecule has 0 atom stereocenters. The molecule has 1 heterocycles. The van der Waals surface area contributed by atoms with Gasteiger partial charge in [-0.3, -0.25) is 0 Å². The van der Waals surface area contributed by atoms with E-state index in [9.17, 15) is 0 Å². The zero-order valence-corrected chi connectivity index (χ0v) is 9.72. The van der Waals surface area contributed by atoms with Crippen LogP contribution in [0.5, 0.6) is 0 Å². The molecule has 2 rings (SSSR count). The normalized spacial score (nSPS) is 11.1. The van der Waals surface area contributed by atoms with Gasteiger partial charge in [0.25, 0.3) is 0 Å². The first-order valence-corrected chi connectivity index (χ1v) is 5.62. The molecule has 0 fully saturated rings. The van der Waals surface area contributed by atoms with Crippen molar-refractivity contribution in [2.24, 2.45) is 5.73 Å². The van der Waals surface area contributed by atoms with Gasteiger partial charge < -0.3 is 10.3 Å². The molecule has 0 saturated carbocycles. The largest absolute Gasteiger partial charge is 0.346 e. The topological polar surface area (TPSA) is 30.9 Å². The zero-order valence-electron chi connectivity index (χ0n) is 8.21. The number of aromatic nitrogens is 1. The lowest BCUT2D eigenvalue weighted by Gasteiger charge is -2.06. The fourth-order valence-corrected chi connectivity index (χ4v) is 2.11. The number of hydrogen-bond donors (Lipinski definition) is 1. The number of fused-ring (bicyclic) bond motifs is 1. The average Bonchev–Trinajstić information content (AvgIpc) is 2.64. The quantitative estimate of drug-likeness (QED) is 0.880. The van der Waals surface area contributed by atoms with Crippen molar-refractivity contribution in [3.63, 3.8) is 0 Å². The minimum absolute atomic E-state index is 0.594. The molecule has 15 heavy (non-hydrogen) atoms. The van der Waals surface area contributed by atoms with Crippen LogP contribution < -0.4 is 5.73 Å². The molecule has 2 N–H and O–H groups in total. The lowest BCUT2D eigenvalue weighted by molar-refractivity contribution is 0.671. The Morgan fingerprint density at radius 3 is 2.73 bits per heavy atom. The molecule has 0 spiro atoms. The molecule has 2 aromatic rings. The summed E-state index contributed by atoms with van der Waals surface area (Å²) in [4.78, 5) is 0. The Bertz CT molecular complexity index is 477. The lowest BCUT2D eigenvalue weighted by atomic mass is 10.2.